The van der Waals surface area contributed by atoms with Crippen molar-refractivity contribution < 1.29 is 9.52 Å². The van der Waals surface area contributed by atoms with Crippen LogP contribution in [0, 0.1) is 0 Å². The van der Waals surface area contributed by atoms with Crippen LogP contribution in [0.3, 0.4) is 0 Å². The van der Waals surface area contributed by atoms with E-state index in [4.69, 9.17) is 4.42 Å². The number of nitrogens with zero attached hydrogens (tertiary/aromatic N) is 3. The van der Waals surface area contributed by atoms with Gasteiger partial charge in [0.05, 0.1) is 11.6 Å². The van der Waals surface area contributed by atoms with Gasteiger partial charge in [-0.05, 0) is 33.7 Å². The van der Waals surface area contributed by atoms with Gasteiger partial charge in [0.15, 0.2) is 0 Å². The smallest absolute Gasteiger partial charge is 0.318 e. The highest BCUT2D eigenvalue weighted by molar-refractivity contribution is 5.25. The highest BCUT2D eigenvalue weighted by Gasteiger charge is 2.29. The van der Waals surface area contributed by atoms with Crippen molar-refractivity contribution in [2.24, 2.45) is 0 Å². The minimum Gasteiger partial charge on any atom is -0.406 e. The first kappa shape index (κ1) is 12.3. The quantitative estimate of drug-likeness (QED) is 0.810. The number of hydrogen-bond acceptors (Lipinski definition) is 6. The highest BCUT2D eigenvalue weighted by Crippen LogP contribution is 2.25. The Labute approximate surface area is 101 Å². The third-order valence-electron chi connectivity index (χ3n) is 3.34. The summed E-state index contributed by atoms with van der Waals surface area (Å²) >= 11 is 0. The summed E-state index contributed by atoms with van der Waals surface area (Å²) in [5.74, 6) is 0.597. The van der Waals surface area contributed by atoms with E-state index in [-0.39, 0.29) is 6.04 Å². The fourth-order valence-electron chi connectivity index (χ4n) is 1.83. The second kappa shape index (κ2) is 4.62. The molecule has 1 aliphatic heterocycles. The molecule has 1 aromatic heterocycles. The number of nitrogens with one attached hydrogen (secondary N) is 1. The van der Waals surface area contributed by atoms with Crippen molar-refractivity contribution in [2.45, 2.75) is 38.3 Å². The van der Waals surface area contributed by atoms with Crippen LogP contribution in [0.1, 0.15) is 38.6 Å². The Morgan fingerprint density at radius 2 is 2.06 bits per heavy atom. The second-order valence-corrected chi connectivity index (χ2v) is 4.92. The Balaban J connectivity index is 2.01. The van der Waals surface area contributed by atoms with Crippen LogP contribution in [0.15, 0.2) is 4.42 Å². The van der Waals surface area contributed by atoms with Crippen LogP contribution in [-0.4, -0.2) is 41.0 Å². The lowest BCUT2D eigenvalue weighted by atomic mass is 9.94. The van der Waals surface area contributed by atoms with Crippen molar-refractivity contribution >= 4 is 6.01 Å². The molecule has 2 N–H and O–H groups in total. The van der Waals surface area contributed by atoms with E-state index in [1.807, 2.05) is 25.8 Å². The van der Waals surface area contributed by atoms with Crippen molar-refractivity contribution in [3.63, 3.8) is 0 Å². The SMILES string of the molecule is CNC(C)c1nnc(N2CCC(C)(O)CC2)o1. The molecule has 0 saturated carbocycles. The van der Waals surface area contributed by atoms with Gasteiger partial charge in [-0.1, -0.05) is 5.10 Å². The second-order valence-electron chi connectivity index (χ2n) is 4.92. The molecule has 0 spiro atoms. The molecular formula is C11H20N4O2. The molecule has 0 aliphatic carbocycles. The van der Waals surface area contributed by atoms with E-state index in [1.54, 1.807) is 0 Å². The largest absolute Gasteiger partial charge is 0.406 e. The molecule has 6 nitrogen and oxygen atoms in total. The lowest BCUT2D eigenvalue weighted by Crippen LogP contribution is -2.42. The minimum atomic E-state index is -0.558. The minimum absolute atomic E-state index is 0.0594. The molecule has 0 radical (unpaired) electrons. The number of aromatic nitrogens is 2. The fraction of sp³-hybridized carbons (Fsp3) is 0.818. The number of piperidine rings is 1. The van der Waals surface area contributed by atoms with Crippen molar-refractivity contribution in [1.82, 2.24) is 15.5 Å². The summed E-state index contributed by atoms with van der Waals surface area (Å²) < 4.78 is 5.60. The predicted molar refractivity (Wildman–Crippen MR) is 63.8 cm³/mol. The van der Waals surface area contributed by atoms with Crippen molar-refractivity contribution in [1.29, 1.82) is 0 Å². The van der Waals surface area contributed by atoms with Gasteiger partial charge >= 0.3 is 6.01 Å². The molecule has 0 bridgehead atoms. The normalized spacial score (nSPS) is 21.5. The summed E-state index contributed by atoms with van der Waals surface area (Å²) in [6.07, 6.45) is 1.46. The van der Waals surface area contributed by atoms with E-state index >= 15 is 0 Å². The van der Waals surface area contributed by atoms with Crippen LogP contribution in [-0.2, 0) is 0 Å². The zero-order valence-electron chi connectivity index (χ0n) is 10.6. The third kappa shape index (κ3) is 2.76. The van der Waals surface area contributed by atoms with Gasteiger partial charge in [0.1, 0.15) is 0 Å². The topological polar surface area (TPSA) is 74.4 Å². The van der Waals surface area contributed by atoms with Crippen LogP contribution >= 0.6 is 0 Å². The molecule has 1 aliphatic rings. The molecule has 2 heterocycles. The summed E-state index contributed by atoms with van der Waals surface area (Å²) in [5.41, 5.74) is -0.558. The molecule has 1 saturated heterocycles. The fourth-order valence-corrected chi connectivity index (χ4v) is 1.83. The number of rotatable bonds is 3. The van der Waals surface area contributed by atoms with Gasteiger partial charge in [-0.15, -0.1) is 5.10 Å². The first-order valence-corrected chi connectivity index (χ1v) is 6.00. The third-order valence-corrected chi connectivity index (χ3v) is 3.34. The van der Waals surface area contributed by atoms with Gasteiger partial charge in [-0.3, -0.25) is 0 Å². The Kier molecular flexibility index (Phi) is 3.35. The van der Waals surface area contributed by atoms with Crippen LogP contribution < -0.4 is 10.2 Å². The van der Waals surface area contributed by atoms with Crippen molar-refractivity contribution in [3.05, 3.63) is 5.89 Å². The molecule has 0 amide bonds. The van der Waals surface area contributed by atoms with Gasteiger partial charge in [0.2, 0.25) is 5.89 Å². The molecule has 1 aromatic rings. The van der Waals surface area contributed by atoms with Gasteiger partial charge in [-0.2, -0.15) is 0 Å². The molecular weight excluding hydrogens is 220 g/mol. The van der Waals surface area contributed by atoms with Crippen molar-refractivity contribution in [3.8, 4) is 0 Å². The molecule has 1 atom stereocenters. The Bertz CT molecular complexity index is 367. The number of anilines is 1. The maximum absolute atomic E-state index is 9.87. The molecule has 6 heteroatoms. The van der Waals surface area contributed by atoms with Crippen LogP contribution in [0.2, 0.25) is 0 Å². The number of hydrogen-bond donors (Lipinski definition) is 2. The highest BCUT2D eigenvalue weighted by atomic mass is 16.4. The number of aliphatic hydroxyl groups is 1. The van der Waals surface area contributed by atoms with E-state index in [0.29, 0.717) is 11.9 Å². The van der Waals surface area contributed by atoms with Gasteiger partial charge in [0, 0.05) is 13.1 Å². The summed E-state index contributed by atoms with van der Waals surface area (Å²) in [7, 11) is 1.85. The average Bonchev–Trinajstić information content (AvgIpc) is 2.77. The summed E-state index contributed by atoms with van der Waals surface area (Å²) in [6.45, 7) is 5.34. The zero-order chi connectivity index (χ0) is 12.5. The van der Waals surface area contributed by atoms with Crippen LogP contribution in [0.25, 0.3) is 0 Å². The summed E-state index contributed by atoms with van der Waals surface area (Å²) in [6, 6.07) is 0.613. The Morgan fingerprint density at radius 1 is 1.41 bits per heavy atom. The lowest BCUT2D eigenvalue weighted by molar-refractivity contribution is 0.0343. The van der Waals surface area contributed by atoms with E-state index < -0.39 is 5.60 Å². The first-order valence-electron chi connectivity index (χ1n) is 6.00. The van der Waals surface area contributed by atoms with E-state index in [9.17, 15) is 5.11 Å². The molecule has 96 valence electrons. The first-order chi connectivity index (χ1) is 8.02. The summed E-state index contributed by atoms with van der Waals surface area (Å²) in [4.78, 5) is 2.02. The van der Waals surface area contributed by atoms with Crippen molar-refractivity contribution in [2.75, 3.05) is 25.0 Å². The van der Waals surface area contributed by atoms with E-state index in [0.717, 1.165) is 25.9 Å². The molecule has 1 unspecified atom stereocenters. The molecule has 2 rings (SSSR count). The molecule has 1 fully saturated rings. The lowest BCUT2D eigenvalue weighted by Gasteiger charge is -2.34. The zero-order valence-corrected chi connectivity index (χ0v) is 10.6. The maximum atomic E-state index is 9.87. The molecule has 0 aromatic carbocycles. The standard InChI is InChI=1S/C11H20N4O2/c1-8(12-3)9-13-14-10(17-9)15-6-4-11(2,16)5-7-15/h8,12,16H,4-7H2,1-3H3. The van der Waals surface area contributed by atoms with Gasteiger partial charge < -0.3 is 19.7 Å². The van der Waals surface area contributed by atoms with Crippen LogP contribution in [0.4, 0.5) is 6.01 Å². The van der Waals surface area contributed by atoms with E-state index in [1.165, 1.54) is 0 Å². The Morgan fingerprint density at radius 3 is 2.65 bits per heavy atom. The maximum Gasteiger partial charge on any atom is 0.318 e. The molecule has 17 heavy (non-hydrogen) atoms. The van der Waals surface area contributed by atoms with E-state index in [2.05, 4.69) is 15.5 Å². The van der Waals surface area contributed by atoms with Gasteiger partial charge in [0.25, 0.3) is 0 Å². The summed E-state index contributed by atoms with van der Waals surface area (Å²) in [5, 5.41) is 21.0. The monoisotopic (exact) mass is 240 g/mol. The van der Waals surface area contributed by atoms with Crippen LogP contribution in [0.5, 0.6) is 0 Å². The average molecular weight is 240 g/mol. The van der Waals surface area contributed by atoms with Gasteiger partial charge in [-0.25, -0.2) is 0 Å². The predicted octanol–water partition coefficient (Wildman–Crippen LogP) is 0.701. The Hall–Kier alpha value is -1.14.